The van der Waals surface area contributed by atoms with Gasteiger partial charge in [0.05, 0.1) is 6.54 Å². The van der Waals surface area contributed by atoms with E-state index in [0.717, 1.165) is 19.6 Å². The Bertz CT molecular complexity index is 641. The normalized spacial score (nSPS) is 18.9. The molecule has 122 valence electrons. The number of amides is 1. The van der Waals surface area contributed by atoms with Gasteiger partial charge in [0.15, 0.2) is 5.13 Å². The van der Waals surface area contributed by atoms with Gasteiger partial charge in [-0.05, 0) is 26.0 Å². The molecule has 2 aromatic rings. The van der Waals surface area contributed by atoms with Crippen LogP contribution in [0.5, 0.6) is 0 Å². The Hall–Kier alpha value is -1.92. The van der Waals surface area contributed by atoms with Crippen molar-refractivity contribution in [3.05, 3.63) is 41.4 Å². The van der Waals surface area contributed by atoms with Crippen LogP contribution in [0.3, 0.4) is 0 Å². The maximum Gasteiger partial charge on any atom is 0.240 e. The molecule has 1 aliphatic heterocycles. The third-order valence-electron chi connectivity index (χ3n) is 4.12. The lowest BCUT2D eigenvalue weighted by molar-refractivity contribution is -0.117. The zero-order valence-electron chi connectivity index (χ0n) is 13.5. The van der Waals surface area contributed by atoms with Crippen molar-refractivity contribution in [1.29, 1.82) is 0 Å². The third-order valence-corrected chi connectivity index (χ3v) is 4.81. The average molecular weight is 330 g/mol. The highest BCUT2D eigenvalue weighted by Gasteiger charge is 2.25. The molecule has 3 rings (SSSR count). The topological polar surface area (TPSA) is 48.5 Å². The molecule has 1 saturated heterocycles. The van der Waals surface area contributed by atoms with Crippen molar-refractivity contribution in [2.24, 2.45) is 0 Å². The number of anilines is 2. The Morgan fingerprint density at radius 3 is 2.78 bits per heavy atom. The molecule has 1 fully saturated rings. The van der Waals surface area contributed by atoms with E-state index in [2.05, 4.69) is 58.2 Å². The Balaban J connectivity index is 1.53. The van der Waals surface area contributed by atoms with Crippen molar-refractivity contribution in [1.82, 2.24) is 9.88 Å². The molecule has 0 aliphatic carbocycles. The van der Waals surface area contributed by atoms with E-state index in [1.165, 1.54) is 22.6 Å². The Morgan fingerprint density at radius 2 is 2.13 bits per heavy atom. The summed E-state index contributed by atoms with van der Waals surface area (Å²) in [4.78, 5) is 20.8. The predicted octanol–water partition coefficient (Wildman–Crippen LogP) is 2.60. The van der Waals surface area contributed by atoms with Crippen molar-refractivity contribution in [2.75, 3.05) is 36.4 Å². The van der Waals surface area contributed by atoms with E-state index in [9.17, 15) is 4.79 Å². The number of carbonyl (C=O) groups excluding carboxylic acids is 1. The largest absolute Gasteiger partial charge is 0.366 e. The van der Waals surface area contributed by atoms with Gasteiger partial charge in [-0.25, -0.2) is 4.98 Å². The van der Waals surface area contributed by atoms with Crippen LogP contribution in [0.25, 0.3) is 0 Å². The van der Waals surface area contributed by atoms with Gasteiger partial charge < -0.3 is 10.2 Å². The van der Waals surface area contributed by atoms with Crippen LogP contribution in [-0.4, -0.2) is 48.0 Å². The number of piperazine rings is 1. The Labute approximate surface area is 140 Å². The second kappa shape index (κ2) is 7.10. The third kappa shape index (κ3) is 4.09. The van der Waals surface area contributed by atoms with Crippen LogP contribution in [0.1, 0.15) is 12.5 Å². The van der Waals surface area contributed by atoms with Crippen LogP contribution in [0.15, 0.2) is 35.8 Å². The van der Waals surface area contributed by atoms with E-state index in [1.54, 1.807) is 6.20 Å². The fourth-order valence-electron chi connectivity index (χ4n) is 2.94. The fraction of sp³-hybridized carbons (Fsp3) is 0.412. The highest BCUT2D eigenvalue weighted by atomic mass is 32.1. The molecule has 1 aromatic heterocycles. The van der Waals surface area contributed by atoms with Gasteiger partial charge in [-0.15, -0.1) is 11.3 Å². The van der Waals surface area contributed by atoms with Crippen LogP contribution in [0.4, 0.5) is 10.8 Å². The van der Waals surface area contributed by atoms with E-state index in [-0.39, 0.29) is 5.91 Å². The average Bonchev–Trinajstić information content (AvgIpc) is 3.01. The molecular weight excluding hydrogens is 308 g/mol. The van der Waals surface area contributed by atoms with Crippen molar-refractivity contribution in [3.63, 3.8) is 0 Å². The van der Waals surface area contributed by atoms with E-state index in [1.807, 2.05) is 5.38 Å². The highest BCUT2D eigenvalue weighted by molar-refractivity contribution is 7.13. The van der Waals surface area contributed by atoms with Gasteiger partial charge in [-0.1, -0.05) is 17.7 Å². The van der Waals surface area contributed by atoms with Gasteiger partial charge >= 0.3 is 0 Å². The van der Waals surface area contributed by atoms with Gasteiger partial charge in [-0.2, -0.15) is 0 Å². The summed E-state index contributed by atoms with van der Waals surface area (Å²) in [7, 11) is 0. The van der Waals surface area contributed by atoms with E-state index in [4.69, 9.17) is 0 Å². The quantitative estimate of drug-likeness (QED) is 0.936. The minimum atomic E-state index is 0.0101. The zero-order valence-corrected chi connectivity index (χ0v) is 14.3. The SMILES string of the molecule is Cc1ccc(N2CCN(CC(=O)Nc3nccs3)CC2C)cc1. The summed E-state index contributed by atoms with van der Waals surface area (Å²) in [6, 6.07) is 9.04. The number of aromatic nitrogens is 1. The fourth-order valence-corrected chi connectivity index (χ4v) is 3.49. The van der Waals surface area contributed by atoms with E-state index < -0.39 is 0 Å². The number of nitrogens with zero attached hydrogens (tertiary/aromatic N) is 3. The second-order valence-corrected chi connectivity index (χ2v) is 6.89. The van der Waals surface area contributed by atoms with Gasteiger partial charge in [0, 0.05) is 42.9 Å². The molecule has 0 radical (unpaired) electrons. The first kappa shape index (κ1) is 16.0. The monoisotopic (exact) mass is 330 g/mol. The standard InChI is InChI=1S/C17H22N4OS/c1-13-3-5-15(6-4-13)21-9-8-20(11-14(21)2)12-16(22)19-17-18-7-10-23-17/h3-7,10,14H,8-9,11-12H2,1-2H3,(H,18,19,22). The van der Waals surface area contributed by atoms with Crippen molar-refractivity contribution >= 4 is 28.1 Å². The summed E-state index contributed by atoms with van der Waals surface area (Å²) < 4.78 is 0. The maximum absolute atomic E-state index is 12.1. The lowest BCUT2D eigenvalue weighted by Crippen LogP contribution is -2.53. The van der Waals surface area contributed by atoms with E-state index >= 15 is 0 Å². The minimum absolute atomic E-state index is 0.0101. The van der Waals surface area contributed by atoms with Crippen molar-refractivity contribution in [2.45, 2.75) is 19.9 Å². The molecular formula is C17H22N4OS. The molecule has 0 spiro atoms. The first-order chi connectivity index (χ1) is 11.1. The first-order valence-corrected chi connectivity index (χ1v) is 8.75. The Morgan fingerprint density at radius 1 is 1.35 bits per heavy atom. The molecule has 1 atom stereocenters. The molecule has 1 aromatic carbocycles. The second-order valence-electron chi connectivity index (χ2n) is 6.00. The van der Waals surface area contributed by atoms with Crippen LogP contribution < -0.4 is 10.2 Å². The molecule has 1 amide bonds. The van der Waals surface area contributed by atoms with Crippen LogP contribution in [0, 0.1) is 6.92 Å². The number of hydrogen-bond donors (Lipinski definition) is 1. The number of carbonyl (C=O) groups is 1. The molecule has 1 unspecified atom stereocenters. The molecule has 23 heavy (non-hydrogen) atoms. The summed E-state index contributed by atoms with van der Waals surface area (Å²) >= 11 is 1.44. The number of thiazole rings is 1. The molecule has 0 saturated carbocycles. The zero-order chi connectivity index (χ0) is 16.2. The van der Waals surface area contributed by atoms with Crippen molar-refractivity contribution < 1.29 is 4.79 Å². The summed E-state index contributed by atoms with van der Waals surface area (Å²) in [5.74, 6) is 0.0101. The summed E-state index contributed by atoms with van der Waals surface area (Å²) in [6.45, 7) is 7.46. The molecule has 1 aliphatic rings. The molecule has 2 heterocycles. The van der Waals surface area contributed by atoms with Gasteiger partial charge in [-0.3, -0.25) is 9.69 Å². The molecule has 6 heteroatoms. The molecule has 5 nitrogen and oxygen atoms in total. The van der Waals surface area contributed by atoms with Crippen LogP contribution in [-0.2, 0) is 4.79 Å². The number of rotatable bonds is 4. The summed E-state index contributed by atoms with van der Waals surface area (Å²) in [5.41, 5.74) is 2.54. The number of hydrogen-bond acceptors (Lipinski definition) is 5. The van der Waals surface area contributed by atoms with Gasteiger partial charge in [0.1, 0.15) is 0 Å². The predicted molar refractivity (Wildman–Crippen MR) is 95.2 cm³/mol. The van der Waals surface area contributed by atoms with Crippen LogP contribution >= 0.6 is 11.3 Å². The maximum atomic E-state index is 12.1. The smallest absolute Gasteiger partial charge is 0.240 e. The highest BCUT2D eigenvalue weighted by Crippen LogP contribution is 2.21. The summed E-state index contributed by atoms with van der Waals surface area (Å²) in [5, 5.41) is 5.37. The lowest BCUT2D eigenvalue weighted by Gasteiger charge is -2.41. The number of aryl methyl sites for hydroxylation is 1. The first-order valence-electron chi connectivity index (χ1n) is 7.87. The Kier molecular flexibility index (Phi) is 4.93. The van der Waals surface area contributed by atoms with Gasteiger partial charge in [0.25, 0.3) is 0 Å². The summed E-state index contributed by atoms with van der Waals surface area (Å²) in [6.07, 6.45) is 1.70. The van der Waals surface area contributed by atoms with Crippen molar-refractivity contribution in [3.8, 4) is 0 Å². The minimum Gasteiger partial charge on any atom is -0.366 e. The van der Waals surface area contributed by atoms with E-state index in [0.29, 0.717) is 17.7 Å². The number of nitrogens with one attached hydrogen (secondary N) is 1. The van der Waals surface area contributed by atoms with Gasteiger partial charge in [0.2, 0.25) is 5.91 Å². The lowest BCUT2D eigenvalue weighted by atomic mass is 10.1. The van der Waals surface area contributed by atoms with Crippen LogP contribution in [0.2, 0.25) is 0 Å². The number of benzene rings is 1. The molecule has 0 bridgehead atoms. The molecule has 1 N–H and O–H groups in total.